The number of nitrogens with one attached hydrogen (secondary N) is 1. The zero-order valence-electron chi connectivity index (χ0n) is 11.5. The topological polar surface area (TPSA) is 18.5 Å². The van der Waals surface area contributed by atoms with Crippen molar-refractivity contribution in [3.63, 3.8) is 0 Å². The Balaban J connectivity index is 1.50. The lowest BCUT2D eigenvalue weighted by Gasteiger charge is -2.43. The summed E-state index contributed by atoms with van der Waals surface area (Å²) in [6.45, 7) is 11.2. The molecule has 3 nitrogen and oxygen atoms in total. The second kappa shape index (κ2) is 7.34. The van der Waals surface area contributed by atoms with Gasteiger partial charge in [-0.1, -0.05) is 32.6 Å². The smallest absolute Gasteiger partial charge is 0.0346 e. The Morgan fingerprint density at radius 1 is 0.941 bits per heavy atom. The minimum absolute atomic E-state index is 0.849. The van der Waals surface area contributed by atoms with Gasteiger partial charge in [-0.2, -0.15) is 0 Å². The first-order chi connectivity index (χ1) is 8.40. The summed E-state index contributed by atoms with van der Waals surface area (Å²) in [4.78, 5) is 5.33. The molecule has 0 spiro atoms. The third kappa shape index (κ3) is 4.23. The Morgan fingerprint density at radius 2 is 1.65 bits per heavy atom. The van der Waals surface area contributed by atoms with Crippen molar-refractivity contribution >= 4 is 0 Å². The van der Waals surface area contributed by atoms with E-state index < -0.39 is 0 Å². The number of nitrogens with zero attached hydrogens (tertiary/aromatic N) is 2. The van der Waals surface area contributed by atoms with Crippen LogP contribution in [0.25, 0.3) is 0 Å². The van der Waals surface area contributed by atoms with E-state index in [1.165, 1.54) is 77.9 Å². The van der Waals surface area contributed by atoms with Crippen LogP contribution in [-0.4, -0.2) is 61.7 Å². The SMILES string of the molecule is CCCCCCCN1CCN(C2CNC2)CC1. The first kappa shape index (κ1) is 13.3. The fraction of sp³-hybridized carbons (Fsp3) is 1.00. The quantitative estimate of drug-likeness (QED) is 0.680. The predicted molar refractivity (Wildman–Crippen MR) is 73.4 cm³/mol. The fourth-order valence-corrected chi connectivity index (χ4v) is 2.82. The fourth-order valence-electron chi connectivity index (χ4n) is 2.82. The molecule has 2 fully saturated rings. The third-order valence-corrected chi connectivity index (χ3v) is 4.26. The Morgan fingerprint density at radius 3 is 2.24 bits per heavy atom. The minimum Gasteiger partial charge on any atom is -0.314 e. The molecule has 2 rings (SSSR count). The Labute approximate surface area is 107 Å². The largest absolute Gasteiger partial charge is 0.314 e. The van der Waals surface area contributed by atoms with Gasteiger partial charge in [0.05, 0.1) is 0 Å². The van der Waals surface area contributed by atoms with Gasteiger partial charge in [0.2, 0.25) is 0 Å². The van der Waals surface area contributed by atoms with Crippen molar-refractivity contribution in [2.75, 3.05) is 45.8 Å². The minimum atomic E-state index is 0.849. The standard InChI is InChI=1S/C14H29N3/c1-2-3-4-5-6-7-16-8-10-17(11-9-16)14-12-15-13-14/h14-15H,2-13H2,1H3. The molecule has 2 heterocycles. The van der Waals surface area contributed by atoms with Crippen LogP contribution in [0.5, 0.6) is 0 Å². The molecule has 0 amide bonds. The van der Waals surface area contributed by atoms with Gasteiger partial charge in [-0.05, 0) is 13.0 Å². The highest BCUT2D eigenvalue weighted by molar-refractivity contribution is 4.87. The molecule has 17 heavy (non-hydrogen) atoms. The summed E-state index contributed by atoms with van der Waals surface area (Å²) >= 11 is 0. The molecule has 2 aliphatic heterocycles. The summed E-state index contributed by atoms with van der Waals surface area (Å²) in [6.07, 6.45) is 7.05. The highest BCUT2D eigenvalue weighted by Gasteiger charge is 2.27. The van der Waals surface area contributed by atoms with Crippen LogP contribution in [0.3, 0.4) is 0 Å². The zero-order valence-corrected chi connectivity index (χ0v) is 11.5. The van der Waals surface area contributed by atoms with Gasteiger partial charge < -0.3 is 10.2 Å². The second-order valence-electron chi connectivity index (χ2n) is 5.60. The molecule has 0 aromatic carbocycles. The summed E-state index contributed by atoms with van der Waals surface area (Å²) in [5, 5.41) is 3.37. The maximum Gasteiger partial charge on any atom is 0.0346 e. The molecule has 0 aromatic rings. The van der Waals surface area contributed by atoms with E-state index in [-0.39, 0.29) is 0 Å². The Bertz CT molecular complexity index is 196. The lowest BCUT2D eigenvalue weighted by atomic mass is 10.1. The van der Waals surface area contributed by atoms with Crippen LogP contribution in [0.2, 0.25) is 0 Å². The van der Waals surface area contributed by atoms with Gasteiger partial charge in [0.25, 0.3) is 0 Å². The van der Waals surface area contributed by atoms with Crippen LogP contribution in [-0.2, 0) is 0 Å². The van der Waals surface area contributed by atoms with Crippen molar-refractivity contribution in [2.24, 2.45) is 0 Å². The summed E-state index contributed by atoms with van der Waals surface area (Å²) < 4.78 is 0. The molecule has 0 aromatic heterocycles. The average Bonchev–Trinajstić information content (AvgIpc) is 2.29. The summed E-state index contributed by atoms with van der Waals surface area (Å²) in [6, 6.07) is 0.849. The normalized spacial score (nSPS) is 23.8. The average molecular weight is 239 g/mol. The van der Waals surface area contributed by atoms with Gasteiger partial charge >= 0.3 is 0 Å². The van der Waals surface area contributed by atoms with Crippen molar-refractivity contribution in [3.8, 4) is 0 Å². The van der Waals surface area contributed by atoms with Crippen LogP contribution in [0, 0.1) is 0 Å². The lowest BCUT2D eigenvalue weighted by Crippen LogP contribution is -2.61. The monoisotopic (exact) mass is 239 g/mol. The maximum absolute atomic E-state index is 3.37. The van der Waals surface area contributed by atoms with E-state index in [0.717, 1.165) is 6.04 Å². The number of hydrogen-bond donors (Lipinski definition) is 1. The summed E-state index contributed by atoms with van der Waals surface area (Å²) in [7, 11) is 0. The third-order valence-electron chi connectivity index (χ3n) is 4.26. The lowest BCUT2D eigenvalue weighted by molar-refractivity contribution is 0.0721. The van der Waals surface area contributed by atoms with Gasteiger partial charge in [0.15, 0.2) is 0 Å². The van der Waals surface area contributed by atoms with Crippen molar-refractivity contribution in [1.82, 2.24) is 15.1 Å². The molecule has 0 unspecified atom stereocenters. The van der Waals surface area contributed by atoms with Gasteiger partial charge in [0.1, 0.15) is 0 Å². The first-order valence-corrected chi connectivity index (χ1v) is 7.57. The van der Waals surface area contributed by atoms with Crippen LogP contribution >= 0.6 is 0 Å². The molecule has 3 heteroatoms. The van der Waals surface area contributed by atoms with Gasteiger partial charge in [-0.25, -0.2) is 0 Å². The molecule has 2 saturated heterocycles. The van der Waals surface area contributed by atoms with Crippen molar-refractivity contribution in [2.45, 2.75) is 45.1 Å². The Hall–Kier alpha value is -0.120. The number of unbranched alkanes of at least 4 members (excludes halogenated alkanes) is 4. The Kier molecular flexibility index (Phi) is 5.75. The maximum atomic E-state index is 3.37. The molecular weight excluding hydrogens is 210 g/mol. The van der Waals surface area contributed by atoms with Crippen LogP contribution < -0.4 is 5.32 Å². The highest BCUT2D eigenvalue weighted by Crippen LogP contribution is 2.11. The molecule has 100 valence electrons. The summed E-state index contributed by atoms with van der Waals surface area (Å²) in [5.41, 5.74) is 0. The van der Waals surface area contributed by atoms with Gasteiger partial charge in [-0.3, -0.25) is 4.90 Å². The van der Waals surface area contributed by atoms with Crippen molar-refractivity contribution in [3.05, 3.63) is 0 Å². The summed E-state index contributed by atoms with van der Waals surface area (Å²) in [5.74, 6) is 0. The van der Waals surface area contributed by atoms with Crippen LogP contribution in [0.1, 0.15) is 39.0 Å². The van der Waals surface area contributed by atoms with E-state index >= 15 is 0 Å². The van der Waals surface area contributed by atoms with E-state index in [2.05, 4.69) is 22.0 Å². The molecule has 0 radical (unpaired) electrons. The molecule has 0 saturated carbocycles. The molecular formula is C14H29N3. The zero-order chi connectivity index (χ0) is 11.9. The van der Waals surface area contributed by atoms with E-state index in [4.69, 9.17) is 0 Å². The second-order valence-corrected chi connectivity index (χ2v) is 5.60. The molecule has 0 aliphatic carbocycles. The molecule has 0 bridgehead atoms. The van der Waals surface area contributed by atoms with Crippen LogP contribution in [0.15, 0.2) is 0 Å². The molecule has 1 N–H and O–H groups in total. The van der Waals surface area contributed by atoms with Crippen molar-refractivity contribution < 1.29 is 0 Å². The molecule has 0 atom stereocenters. The molecule has 2 aliphatic rings. The van der Waals surface area contributed by atoms with Crippen molar-refractivity contribution in [1.29, 1.82) is 0 Å². The predicted octanol–water partition coefficient (Wildman–Crippen LogP) is 1.55. The van der Waals surface area contributed by atoms with Crippen LogP contribution in [0.4, 0.5) is 0 Å². The number of hydrogen-bond acceptors (Lipinski definition) is 3. The number of piperazine rings is 1. The van der Waals surface area contributed by atoms with E-state index in [1.54, 1.807) is 0 Å². The van der Waals surface area contributed by atoms with E-state index in [0.29, 0.717) is 0 Å². The van der Waals surface area contributed by atoms with E-state index in [1.807, 2.05) is 0 Å². The number of rotatable bonds is 7. The first-order valence-electron chi connectivity index (χ1n) is 7.57. The highest BCUT2D eigenvalue weighted by atomic mass is 15.3. The van der Waals surface area contributed by atoms with Gasteiger partial charge in [0, 0.05) is 45.3 Å². The van der Waals surface area contributed by atoms with E-state index in [9.17, 15) is 0 Å². The van der Waals surface area contributed by atoms with Gasteiger partial charge in [-0.15, -0.1) is 0 Å².